The average Bonchev–Trinajstić information content (AvgIpc) is 3.52. The summed E-state index contributed by atoms with van der Waals surface area (Å²) in [6, 6.07) is 17.7. The third kappa shape index (κ3) is 6.37. The first-order chi connectivity index (χ1) is 18.0. The van der Waals surface area contributed by atoms with E-state index in [0.717, 1.165) is 16.7 Å². The zero-order chi connectivity index (χ0) is 26.2. The molecule has 1 heterocycles. The van der Waals surface area contributed by atoms with Gasteiger partial charge in [0, 0.05) is 12.2 Å². The summed E-state index contributed by atoms with van der Waals surface area (Å²) in [5, 5.41) is 3.14. The maximum absolute atomic E-state index is 13.6. The van der Waals surface area contributed by atoms with Crippen LogP contribution in [-0.2, 0) is 36.9 Å². The number of esters is 2. The van der Waals surface area contributed by atoms with Crippen LogP contribution in [0, 0.1) is 0 Å². The standard InChI is InChI=1S/C30H31N2O5/c1-3-36-29(34)25(18-17-22-11-6-4-7-12-22)31-21(2)28(33)32-26-16-10-15-24(26)19-27(32)30(35)37-20-23-13-8-5-9-14-23/h4-16,19,21,25,31H,3,17-18,20H2,1-2H3/q+1/t21-,25-/m0/s1. The van der Waals surface area contributed by atoms with Crippen LogP contribution in [0.4, 0.5) is 0 Å². The summed E-state index contributed by atoms with van der Waals surface area (Å²) in [5.41, 5.74) is 3.47. The van der Waals surface area contributed by atoms with Crippen LogP contribution in [0.2, 0.25) is 0 Å². The van der Waals surface area contributed by atoms with Gasteiger partial charge in [0.1, 0.15) is 18.7 Å². The molecule has 2 aromatic rings. The minimum Gasteiger partial charge on any atom is -0.465 e. The van der Waals surface area contributed by atoms with Gasteiger partial charge in [0.05, 0.1) is 12.2 Å². The minimum atomic E-state index is -0.767. The van der Waals surface area contributed by atoms with Crippen LogP contribution in [0.5, 0.6) is 0 Å². The molecule has 2 atom stereocenters. The van der Waals surface area contributed by atoms with E-state index in [0.29, 0.717) is 18.6 Å². The van der Waals surface area contributed by atoms with Crippen molar-refractivity contribution in [2.45, 2.75) is 45.4 Å². The molecule has 0 saturated carbocycles. The Hall–Kier alpha value is -4.10. The zero-order valence-electron chi connectivity index (χ0n) is 21.1. The number of hydrogen-bond acceptors (Lipinski definition) is 6. The first kappa shape index (κ1) is 26.0. The highest BCUT2D eigenvalue weighted by atomic mass is 16.5. The SMILES string of the molecule is CCOC(=O)[C@H](CCc1ccccc1)N[C@@H](C)C(=O)[N+]1=C2C=CC=C2C=C1C(=O)OCc1ccccc1. The van der Waals surface area contributed by atoms with Gasteiger partial charge in [0.15, 0.2) is 0 Å². The molecule has 0 aromatic heterocycles. The van der Waals surface area contributed by atoms with Crippen molar-refractivity contribution in [3.8, 4) is 0 Å². The van der Waals surface area contributed by atoms with E-state index >= 15 is 0 Å². The largest absolute Gasteiger partial charge is 0.465 e. The first-order valence-electron chi connectivity index (χ1n) is 12.5. The van der Waals surface area contributed by atoms with Crippen LogP contribution in [0.1, 0.15) is 31.4 Å². The Labute approximate surface area is 216 Å². The Bertz CT molecular complexity index is 1280. The molecule has 1 aliphatic carbocycles. The summed E-state index contributed by atoms with van der Waals surface area (Å²) in [4.78, 5) is 39.4. The molecule has 0 unspecified atom stereocenters. The van der Waals surface area contributed by atoms with Crippen molar-refractivity contribution < 1.29 is 28.4 Å². The van der Waals surface area contributed by atoms with Gasteiger partial charge in [-0.25, -0.2) is 9.59 Å². The van der Waals surface area contributed by atoms with E-state index in [1.807, 2.05) is 72.8 Å². The Morgan fingerprint density at radius 1 is 0.946 bits per heavy atom. The number of ether oxygens (including phenoxy) is 2. The average molecular weight is 500 g/mol. The van der Waals surface area contributed by atoms with Crippen LogP contribution in [0.15, 0.2) is 96.2 Å². The van der Waals surface area contributed by atoms with Gasteiger partial charge < -0.3 is 9.47 Å². The molecular weight excluding hydrogens is 468 g/mol. The second kappa shape index (κ2) is 12.2. The number of carbonyl (C=O) groups excluding carboxylic acids is 3. The highest BCUT2D eigenvalue weighted by Crippen LogP contribution is 2.23. The van der Waals surface area contributed by atoms with E-state index in [-0.39, 0.29) is 24.8 Å². The topological polar surface area (TPSA) is 84.7 Å². The molecule has 1 N–H and O–H groups in total. The summed E-state index contributed by atoms with van der Waals surface area (Å²) < 4.78 is 12.2. The minimum absolute atomic E-state index is 0.0987. The lowest BCUT2D eigenvalue weighted by molar-refractivity contribution is -0.396. The molecule has 7 nitrogen and oxygen atoms in total. The molecule has 4 rings (SSSR count). The molecule has 37 heavy (non-hydrogen) atoms. The number of hydrogen-bond donors (Lipinski definition) is 1. The van der Waals surface area contributed by atoms with Crippen molar-refractivity contribution in [3.63, 3.8) is 0 Å². The molecule has 2 aromatic carbocycles. The van der Waals surface area contributed by atoms with Crippen molar-refractivity contribution >= 4 is 23.6 Å². The van der Waals surface area contributed by atoms with Gasteiger partial charge in [-0.3, -0.25) is 10.1 Å². The fourth-order valence-electron chi connectivity index (χ4n) is 4.31. The molecule has 0 bridgehead atoms. The third-order valence-corrected chi connectivity index (χ3v) is 6.20. The summed E-state index contributed by atoms with van der Waals surface area (Å²) in [7, 11) is 0. The summed E-state index contributed by atoms with van der Waals surface area (Å²) in [5.74, 6) is -1.36. The van der Waals surface area contributed by atoms with Crippen molar-refractivity contribution in [2.75, 3.05) is 6.61 Å². The lowest BCUT2D eigenvalue weighted by atomic mass is 10.0. The quantitative estimate of drug-likeness (QED) is 0.375. The van der Waals surface area contributed by atoms with Crippen LogP contribution in [0.3, 0.4) is 0 Å². The van der Waals surface area contributed by atoms with Crippen molar-refractivity contribution in [2.24, 2.45) is 0 Å². The molecule has 7 heteroatoms. The fourth-order valence-corrected chi connectivity index (χ4v) is 4.31. The third-order valence-electron chi connectivity index (χ3n) is 6.20. The van der Waals surface area contributed by atoms with Gasteiger partial charge in [0.2, 0.25) is 5.71 Å². The summed E-state index contributed by atoms with van der Waals surface area (Å²) in [6.45, 7) is 3.78. The lowest BCUT2D eigenvalue weighted by Gasteiger charge is -2.20. The van der Waals surface area contributed by atoms with Crippen molar-refractivity contribution in [1.29, 1.82) is 0 Å². The summed E-state index contributed by atoms with van der Waals surface area (Å²) in [6.07, 6.45) is 8.22. The number of aryl methyl sites for hydroxylation is 1. The predicted octanol–water partition coefficient (Wildman–Crippen LogP) is 3.65. The summed E-state index contributed by atoms with van der Waals surface area (Å²) >= 11 is 0. The normalized spacial score (nSPS) is 15.5. The van der Waals surface area contributed by atoms with E-state index in [9.17, 15) is 14.4 Å². The first-order valence-corrected chi connectivity index (χ1v) is 12.5. The molecule has 0 fully saturated rings. The van der Waals surface area contributed by atoms with Gasteiger partial charge in [-0.05, 0) is 43.9 Å². The van der Waals surface area contributed by atoms with Crippen molar-refractivity contribution in [3.05, 3.63) is 107 Å². The second-order valence-electron chi connectivity index (χ2n) is 8.85. The Kier molecular flexibility index (Phi) is 8.59. The second-order valence-corrected chi connectivity index (χ2v) is 8.85. The molecule has 0 radical (unpaired) electrons. The lowest BCUT2D eigenvalue weighted by Crippen LogP contribution is -2.49. The number of nitrogens with zero attached hydrogens (tertiary/aromatic N) is 1. The van der Waals surface area contributed by atoms with E-state index in [4.69, 9.17) is 9.47 Å². The maximum Gasteiger partial charge on any atom is 0.410 e. The number of fused-ring (bicyclic) bond motifs is 1. The van der Waals surface area contributed by atoms with E-state index < -0.39 is 24.0 Å². The van der Waals surface area contributed by atoms with Gasteiger partial charge in [-0.2, -0.15) is 0 Å². The number of rotatable bonds is 11. The highest BCUT2D eigenvalue weighted by Gasteiger charge is 2.43. The van der Waals surface area contributed by atoms with Crippen LogP contribution in [-0.4, -0.2) is 46.8 Å². The predicted molar refractivity (Wildman–Crippen MR) is 140 cm³/mol. The van der Waals surface area contributed by atoms with Gasteiger partial charge >= 0.3 is 23.5 Å². The molecule has 1 amide bonds. The molecule has 0 saturated heterocycles. The molecule has 2 aliphatic rings. The maximum atomic E-state index is 13.6. The number of benzene rings is 2. The Morgan fingerprint density at radius 2 is 1.62 bits per heavy atom. The number of nitrogens with one attached hydrogen (secondary N) is 1. The van der Waals surface area contributed by atoms with Crippen LogP contribution < -0.4 is 5.32 Å². The fraction of sp³-hybridized carbons (Fsp3) is 0.267. The number of carbonyl (C=O) groups is 3. The van der Waals surface area contributed by atoms with E-state index in [1.165, 1.54) is 4.58 Å². The number of amides is 1. The van der Waals surface area contributed by atoms with Gasteiger partial charge in [-0.1, -0.05) is 66.7 Å². The van der Waals surface area contributed by atoms with Crippen molar-refractivity contribution in [1.82, 2.24) is 5.32 Å². The molecular formula is C30H31N2O5+. The van der Waals surface area contributed by atoms with E-state index in [2.05, 4.69) is 5.32 Å². The van der Waals surface area contributed by atoms with Gasteiger partial charge in [-0.15, -0.1) is 4.58 Å². The van der Waals surface area contributed by atoms with Crippen LogP contribution >= 0.6 is 0 Å². The zero-order valence-corrected chi connectivity index (χ0v) is 21.1. The molecule has 0 spiro atoms. The Balaban J connectivity index is 1.48. The van der Waals surface area contributed by atoms with E-state index in [1.54, 1.807) is 26.0 Å². The number of allylic oxidation sites excluding steroid dienone is 5. The van der Waals surface area contributed by atoms with Gasteiger partial charge in [0.25, 0.3) is 0 Å². The Morgan fingerprint density at radius 3 is 2.30 bits per heavy atom. The van der Waals surface area contributed by atoms with Crippen LogP contribution in [0.25, 0.3) is 0 Å². The highest BCUT2D eigenvalue weighted by molar-refractivity contribution is 6.15. The monoisotopic (exact) mass is 499 g/mol. The smallest absolute Gasteiger partial charge is 0.410 e. The molecule has 1 aliphatic heterocycles. The molecule has 190 valence electrons.